The summed E-state index contributed by atoms with van der Waals surface area (Å²) in [6, 6.07) is 5.93. The molecule has 1 unspecified atom stereocenters. The molecule has 3 heteroatoms. The molecule has 0 aromatic heterocycles. The molecule has 0 bridgehead atoms. The minimum absolute atomic E-state index is 0.203. The van der Waals surface area contributed by atoms with Crippen molar-refractivity contribution in [3.63, 3.8) is 0 Å². The van der Waals surface area contributed by atoms with Crippen LogP contribution in [-0.4, -0.2) is 12.8 Å². The summed E-state index contributed by atoms with van der Waals surface area (Å²) in [5.74, 6) is -0.494. The van der Waals surface area contributed by atoms with Crippen LogP contribution < -0.4 is 5.73 Å². The molecule has 1 rings (SSSR count). The van der Waals surface area contributed by atoms with Gasteiger partial charge in [0, 0.05) is 5.92 Å². The van der Waals surface area contributed by atoms with E-state index in [0.717, 1.165) is 11.8 Å². The fourth-order valence-corrected chi connectivity index (χ4v) is 1.20. The van der Waals surface area contributed by atoms with Gasteiger partial charge in [0.1, 0.15) is 12.1 Å². The fourth-order valence-electron chi connectivity index (χ4n) is 1.20. The molecule has 0 saturated heterocycles. The lowest BCUT2D eigenvalue weighted by Crippen LogP contribution is -2.08. The zero-order valence-corrected chi connectivity index (χ0v) is 7.24. The van der Waals surface area contributed by atoms with Crippen molar-refractivity contribution in [2.24, 2.45) is 5.73 Å². The second-order valence-corrected chi connectivity index (χ2v) is 2.87. The third-order valence-electron chi connectivity index (χ3n) is 1.94. The molecule has 0 aliphatic heterocycles. The first-order valence-electron chi connectivity index (χ1n) is 4.18. The van der Waals surface area contributed by atoms with E-state index in [1.165, 1.54) is 12.1 Å². The average Bonchev–Trinajstić information content (AvgIpc) is 2.16. The first kappa shape index (κ1) is 9.86. The Kier molecular flexibility index (Phi) is 3.58. The molecule has 0 radical (unpaired) electrons. The molecule has 0 spiro atoms. The van der Waals surface area contributed by atoms with E-state index in [0.29, 0.717) is 13.0 Å². The van der Waals surface area contributed by atoms with E-state index in [-0.39, 0.29) is 11.7 Å². The highest BCUT2D eigenvalue weighted by Crippen LogP contribution is 2.16. The Morgan fingerprint density at radius 2 is 2.00 bits per heavy atom. The van der Waals surface area contributed by atoms with Crippen LogP contribution in [0.15, 0.2) is 24.3 Å². The first-order chi connectivity index (χ1) is 6.27. The van der Waals surface area contributed by atoms with Crippen molar-refractivity contribution >= 4 is 6.29 Å². The van der Waals surface area contributed by atoms with Crippen molar-refractivity contribution < 1.29 is 9.18 Å². The molecular formula is C10H12FNO. The van der Waals surface area contributed by atoms with Gasteiger partial charge in [0.2, 0.25) is 0 Å². The van der Waals surface area contributed by atoms with Crippen LogP contribution >= 0.6 is 0 Å². The summed E-state index contributed by atoms with van der Waals surface area (Å²) in [4.78, 5) is 10.6. The van der Waals surface area contributed by atoms with Gasteiger partial charge in [-0.2, -0.15) is 0 Å². The van der Waals surface area contributed by atoms with E-state index in [1.807, 2.05) is 0 Å². The number of rotatable bonds is 4. The van der Waals surface area contributed by atoms with Crippen LogP contribution in [0.25, 0.3) is 0 Å². The fraction of sp³-hybridized carbons (Fsp3) is 0.300. The Morgan fingerprint density at radius 1 is 1.38 bits per heavy atom. The van der Waals surface area contributed by atoms with Gasteiger partial charge in [-0.3, -0.25) is 0 Å². The summed E-state index contributed by atoms with van der Waals surface area (Å²) in [5, 5.41) is 0. The summed E-state index contributed by atoms with van der Waals surface area (Å²) < 4.78 is 12.5. The minimum Gasteiger partial charge on any atom is -0.330 e. The quantitative estimate of drug-likeness (QED) is 0.714. The van der Waals surface area contributed by atoms with Gasteiger partial charge in [-0.1, -0.05) is 12.1 Å². The number of benzene rings is 1. The van der Waals surface area contributed by atoms with Crippen molar-refractivity contribution in [2.45, 2.75) is 12.3 Å². The maximum absolute atomic E-state index is 12.5. The standard InChI is InChI=1S/C10H12FNO/c11-10-3-1-8(2-4-10)9(7-13)5-6-12/h1-4,7,9H,5-6,12H2. The summed E-state index contributed by atoms with van der Waals surface area (Å²) in [6.07, 6.45) is 1.45. The maximum Gasteiger partial charge on any atom is 0.127 e. The van der Waals surface area contributed by atoms with Crippen LogP contribution in [0.4, 0.5) is 4.39 Å². The predicted molar refractivity (Wildman–Crippen MR) is 48.9 cm³/mol. The van der Waals surface area contributed by atoms with E-state index < -0.39 is 0 Å². The summed E-state index contributed by atoms with van der Waals surface area (Å²) in [5.41, 5.74) is 6.16. The number of carbonyl (C=O) groups is 1. The highest BCUT2D eigenvalue weighted by Gasteiger charge is 2.08. The molecule has 0 aliphatic carbocycles. The van der Waals surface area contributed by atoms with Gasteiger partial charge in [-0.15, -0.1) is 0 Å². The largest absolute Gasteiger partial charge is 0.330 e. The molecule has 0 fully saturated rings. The van der Waals surface area contributed by atoms with Crippen LogP contribution in [0, 0.1) is 5.82 Å². The molecule has 13 heavy (non-hydrogen) atoms. The topological polar surface area (TPSA) is 43.1 Å². The lowest BCUT2D eigenvalue weighted by molar-refractivity contribution is -0.109. The molecule has 70 valence electrons. The molecule has 0 amide bonds. The smallest absolute Gasteiger partial charge is 0.127 e. The van der Waals surface area contributed by atoms with E-state index >= 15 is 0 Å². The highest BCUT2D eigenvalue weighted by atomic mass is 19.1. The van der Waals surface area contributed by atoms with Crippen LogP contribution in [0.5, 0.6) is 0 Å². The SMILES string of the molecule is NCCC(C=O)c1ccc(F)cc1. The van der Waals surface area contributed by atoms with Crippen molar-refractivity contribution in [3.8, 4) is 0 Å². The Labute approximate surface area is 76.6 Å². The van der Waals surface area contributed by atoms with Crippen LogP contribution in [-0.2, 0) is 4.79 Å². The third kappa shape index (κ3) is 2.63. The molecule has 2 nitrogen and oxygen atoms in total. The van der Waals surface area contributed by atoms with Gasteiger partial charge < -0.3 is 10.5 Å². The number of aldehydes is 1. The van der Waals surface area contributed by atoms with Crippen molar-refractivity contribution in [1.29, 1.82) is 0 Å². The molecule has 1 aromatic rings. The van der Waals surface area contributed by atoms with Crippen LogP contribution in [0.2, 0.25) is 0 Å². The van der Waals surface area contributed by atoms with Gasteiger partial charge in [0.05, 0.1) is 0 Å². The summed E-state index contributed by atoms with van der Waals surface area (Å²) in [7, 11) is 0. The monoisotopic (exact) mass is 181 g/mol. The number of halogens is 1. The van der Waals surface area contributed by atoms with E-state index in [1.54, 1.807) is 12.1 Å². The van der Waals surface area contributed by atoms with Crippen LogP contribution in [0.3, 0.4) is 0 Å². The zero-order chi connectivity index (χ0) is 9.68. The van der Waals surface area contributed by atoms with E-state index in [9.17, 15) is 9.18 Å². The minimum atomic E-state index is -0.291. The van der Waals surface area contributed by atoms with Crippen LogP contribution in [0.1, 0.15) is 17.9 Å². The van der Waals surface area contributed by atoms with Crippen molar-refractivity contribution in [3.05, 3.63) is 35.6 Å². The Balaban J connectivity index is 2.79. The molecule has 2 N–H and O–H groups in total. The summed E-state index contributed by atoms with van der Waals surface area (Å²) >= 11 is 0. The van der Waals surface area contributed by atoms with E-state index in [4.69, 9.17) is 5.73 Å². The third-order valence-corrected chi connectivity index (χ3v) is 1.94. The molecule has 1 aromatic carbocycles. The van der Waals surface area contributed by atoms with Gasteiger partial charge in [-0.25, -0.2) is 4.39 Å². The Bertz CT molecular complexity index is 271. The van der Waals surface area contributed by atoms with Gasteiger partial charge in [0.15, 0.2) is 0 Å². The Morgan fingerprint density at radius 3 is 2.46 bits per heavy atom. The van der Waals surface area contributed by atoms with Crippen molar-refractivity contribution in [2.75, 3.05) is 6.54 Å². The Hall–Kier alpha value is -1.22. The molecule has 0 aliphatic rings. The van der Waals surface area contributed by atoms with Gasteiger partial charge >= 0.3 is 0 Å². The summed E-state index contributed by atoms with van der Waals surface area (Å²) in [6.45, 7) is 0.459. The number of nitrogens with two attached hydrogens (primary N) is 1. The van der Waals surface area contributed by atoms with E-state index in [2.05, 4.69) is 0 Å². The molecular weight excluding hydrogens is 169 g/mol. The van der Waals surface area contributed by atoms with Gasteiger partial charge in [0.25, 0.3) is 0 Å². The second-order valence-electron chi connectivity index (χ2n) is 2.87. The molecule has 1 atom stereocenters. The maximum atomic E-state index is 12.5. The second kappa shape index (κ2) is 4.72. The normalized spacial score (nSPS) is 12.5. The predicted octanol–water partition coefficient (Wildman–Crippen LogP) is 1.46. The first-order valence-corrected chi connectivity index (χ1v) is 4.18. The lowest BCUT2D eigenvalue weighted by Gasteiger charge is -2.08. The van der Waals surface area contributed by atoms with Gasteiger partial charge in [-0.05, 0) is 30.7 Å². The molecule has 0 saturated carbocycles. The zero-order valence-electron chi connectivity index (χ0n) is 7.24. The highest BCUT2D eigenvalue weighted by molar-refractivity contribution is 5.61. The number of hydrogen-bond acceptors (Lipinski definition) is 2. The number of carbonyl (C=O) groups excluding carboxylic acids is 1. The number of hydrogen-bond donors (Lipinski definition) is 1. The lowest BCUT2D eigenvalue weighted by atomic mass is 9.97. The molecule has 0 heterocycles. The average molecular weight is 181 g/mol. The van der Waals surface area contributed by atoms with Crippen molar-refractivity contribution in [1.82, 2.24) is 0 Å².